The molecule has 5 aliphatic carbocycles. The van der Waals surface area contributed by atoms with Crippen molar-refractivity contribution >= 4 is 34.0 Å². The summed E-state index contributed by atoms with van der Waals surface area (Å²) in [6.45, 7) is 2.18. The average molecular weight is 1160 g/mol. The van der Waals surface area contributed by atoms with Crippen LogP contribution >= 0.6 is 0 Å². The Morgan fingerprint density at radius 3 is 2.52 bits per heavy atom. The number of nitrogens with one attached hydrogen (secondary N) is 2. The third-order valence-electron chi connectivity index (χ3n) is 19.5. The van der Waals surface area contributed by atoms with Crippen molar-refractivity contribution < 1.29 is 49.0 Å². The van der Waals surface area contributed by atoms with Gasteiger partial charge in [0.1, 0.15) is 40.7 Å². The Balaban J connectivity index is 1.04. The highest BCUT2D eigenvalue weighted by Crippen LogP contribution is 2.60. The number of anilines is 1. The summed E-state index contributed by atoms with van der Waals surface area (Å²) >= 11 is 0. The Labute approximate surface area is 501 Å². The first kappa shape index (κ1) is 56.5. The van der Waals surface area contributed by atoms with Gasteiger partial charge in [-0.15, -0.1) is 0 Å². The Kier molecular flexibility index (Phi) is 15.5. The van der Waals surface area contributed by atoms with Crippen LogP contribution in [0, 0.1) is 29.1 Å². The van der Waals surface area contributed by atoms with Crippen LogP contribution in [0.2, 0.25) is 0 Å². The molecule has 6 aromatic rings. The van der Waals surface area contributed by atoms with Gasteiger partial charge in [-0.05, 0) is 133 Å². The number of ketones is 2. The SMILES string of the molecule is COc1cc(C2CC(=O)CC(OC(C)=O)CCC34C5=CC=CC3CC=CC4c3c[nH]cc3C(C#CC5)C(c3cccc(O)c3)C3=CCNC(=C3)N(CCC(=O)C3CCCCC3)c3ccc4c5c(n2cc35)CCC4O)cc(O)c1Oc1cccc(O)c1. The molecule has 14 heteroatoms. The van der Waals surface area contributed by atoms with Crippen molar-refractivity contribution in [1.29, 1.82) is 0 Å². The largest absolute Gasteiger partial charge is 0.508 e. The molecule has 442 valence electrons. The molecule has 6 bridgehead atoms. The Hall–Kier alpha value is -8.67. The molecule has 86 heavy (non-hydrogen) atoms. The zero-order chi connectivity index (χ0) is 59.2. The summed E-state index contributed by atoms with van der Waals surface area (Å²) in [4.78, 5) is 49.0. The maximum atomic E-state index is 15.5. The second-order valence-electron chi connectivity index (χ2n) is 24.5. The summed E-state index contributed by atoms with van der Waals surface area (Å²) in [5.74, 6) is 7.45. The number of aliphatic hydroxyl groups is 1. The molecule has 6 N–H and O–H groups in total. The number of aromatic amines is 1. The number of phenolic OH excluding ortho intramolecular Hbond substituents is 3. The van der Waals surface area contributed by atoms with Gasteiger partial charge < -0.3 is 54.4 Å². The normalized spacial score (nSPS) is 25.4. The number of carbonyl (C=O) groups excluding carboxylic acids is 3. The second kappa shape index (κ2) is 23.7. The van der Waals surface area contributed by atoms with Crippen molar-refractivity contribution in [2.75, 3.05) is 25.1 Å². The van der Waals surface area contributed by atoms with Crippen LogP contribution in [-0.2, 0) is 25.5 Å². The number of rotatable bonds is 10. The monoisotopic (exact) mass is 1150 g/mol. The van der Waals surface area contributed by atoms with Gasteiger partial charge in [-0.2, -0.15) is 0 Å². The van der Waals surface area contributed by atoms with Crippen molar-refractivity contribution in [1.82, 2.24) is 14.9 Å². The highest BCUT2D eigenvalue weighted by molar-refractivity contribution is 6.00. The van der Waals surface area contributed by atoms with E-state index in [1.807, 2.05) is 24.3 Å². The minimum Gasteiger partial charge on any atom is -0.508 e. The van der Waals surface area contributed by atoms with Crippen molar-refractivity contribution in [2.24, 2.45) is 17.3 Å². The molecule has 0 radical (unpaired) electrons. The third kappa shape index (κ3) is 10.6. The molecule has 1 fully saturated rings. The van der Waals surface area contributed by atoms with E-state index in [1.54, 1.807) is 30.3 Å². The van der Waals surface area contributed by atoms with Crippen molar-refractivity contribution in [3.63, 3.8) is 0 Å². The van der Waals surface area contributed by atoms with Gasteiger partial charge in [-0.3, -0.25) is 14.4 Å². The fourth-order valence-corrected chi connectivity index (χ4v) is 15.6. The second-order valence-corrected chi connectivity index (χ2v) is 24.5. The van der Waals surface area contributed by atoms with Crippen LogP contribution in [0.25, 0.3) is 10.8 Å². The lowest BCUT2D eigenvalue weighted by molar-refractivity contribution is -0.148. The number of hydrogen-bond donors (Lipinski definition) is 6. The van der Waals surface area contributed by atoms with E-state index in [2.05, 4.69) is 98.8 Å². The van der Waals surface area contributed by atoms with Crippen LogP contribution in [-0.4, -0.2) is 73.8 Å². The van der Waals surface area contributed by atoms with Crippen molar-refractivity contribution in [3.05, 3.63) is 184 Å². The number of methoxy groups -OCH3 is 1. The number of nitrogens with zero attached hydrogens (tertiary/aromatic N) is 2. The number of aliphatic hydroxyl groups excluding tert-OH is 1. The lowest BCUT2D eigenvalue weighted by atomic mass is 9.53. The van der Waals surface area contributed by atoms with Gasteiger partial charge in [-0.1, -0.05) is 97.4 Å². The first-order valence-corrected chi connectivity index (χ1v) is 30.7. The molecule has 2 aromatic heterocycles. The number of ether oxygens (including phenoxy) is 3. The van der Waals surface area contributed by atoms with Gasteiger partial charge in [0.2, 0.25) is 5.75 Å². The molecule has 1 saturated carbocycles. The predicted molar refractivity (Wildman–Crippen MR) is 329 cm³/mol. The smallest absolute Gasteiger partial charge is 0.302 e. The molecular formula is C72H74N4O10. The maximum absolute atomic E-state index is 15.5. The first-order valence-electron chi connectivity index (χ1n) is 30.7. The van der Waals surface area contributed by atoms with Crippen molar-refractivity contribution in [2.45, 2.75) is 133 Å². The quantitative estimate of drug-likeness (QED) is 0.0432. The fourth-order valence-electron chi connectivity index (χ4n) is 15.6. The molecule has 8 unspecified atom stereocenters. The van der Waals surface area contributed by atoms with Gasteiger partial charge in [0.25, 0.3) is 0 Å². The van der Waals surface area contributed by atoms with E-state index >= 15 is 4.79 Å². The molecule has 4 aromatic carbocycles. The number of H-pyrrole nitrogens is 1. The lowest BCUT2D eigenvalue weighted by Gasteiger charge is -2.50. The maximum Gasteiger partial charge on any atom is 0.302 e. The zero-order valence-corrected chi connectivity index (χ0v) is 48.8. The number of aromatic hydroxyl groups is 3. The van der Waals surface area contributed by atoms with Crippen LogP contribution < -0.4 is 19.7 Å². The standard InChI is InChI=1S/C72H74N4O10/c1-43(77)85-54-27-30-72-48-14-7-15-49(72)17-9-22-60(72)58-41-73-40-57(58)55(21-8-16-48)69(45-13-6-18-50(78)33-45)46-28-31-74-68(36-46)75(32-29-64(81)44-11-4-3-5-12-44)61-24-23-56-65(82)26-25-62-70(56)59(61)42-76(62)63(39-52(80)38-54)47-34-66(83)71(67(35-47)84-2)86-53-20-10-19-51(79)37-53/h6-7,9-10,13-15,18-20,22-24,28,33-37,40-42,44,49,54-55,60,63,65,69,73-74,78-79,82-83H,3-5,11-12,16-17,25-27,29-32,38-39H2,1-2H3. The number of aromatic nitrogens is 2. The summed E-state index contributed by atoms with van der Waals surface area (Å²) in [5.41, 5.74) is 7.69. The average Bonchev–Trinajstić information content (AvgIpc) is 1.46. The van der Waals surface area contributed by atoms with Gasteiger partial charge in [0.15, 0.2) is 11.5 Å². The summed E-state index contributed by atoms with van der Waals surface area (Å²) < 4.78 is 20.5. The first-order chi connectivity index (χ1) is 41.8. The summed E-state index contributed by atoms with van der Waals surface area (Å²) in [6, 6.07) is 20.4. The van der Waals surface area contributed by atoms with Crippen LogP contribution in [0.4, 0.5) is 5.69 Å². The Morgan fingerprint density at radius 1 is 0.884 bits per heavy atom. The Morgan fingerprint density at radius 2 is 1.71 bits per heavy atom. The molecule has 4 heterocycles. The van der Waals surface area contributed by atoms with Crippen LogP contribution in [0.5, 0.6) is 34.5 Å². The summed E-state index contributed by atoms with van der Waals surface area (Å²) in [7, 11) is 1.48. The van der Waals surface area contributed by atoms with E-state index in [4.69, 9.17) is 14.2 Å². The molecule has 13 rings (SSSR count). The molecule has 2 aliphatic heterocycles. The van der Waals surface area contributed by atoms with E-state index in [0.29, 0.717) is 50.8 Å². The number of fused-ring (bicyclic) bond motifs is 3. The molecule has 0 amide bonds. The number of benzene rings is 4. The lowest BCUT2D eigenvalue weighted by Crippen LogP contribution is -2.41. The van der Waals surface area contributed by atoms with E-state index < -0.39 is 35.6 Å². The van der Waals surface area contributed by atoms with Gasteiger partial charge in [-0.25, -0.2) is 0 Å². The Bertz CT molecular complexity index is 3880. The van der Waals surface area contributed by atoms with Gasteiger partial charge >= 0.3 is 5.97 Å². The number of esters is 1. The number of aryl methyl sites for hydroxylation is 1. The van der Waals surface area contributed by atoms with E-state index in [9.17, 15) is 30.0 Å². The number of phenols is 3. The number of hydrogen-bond acceptors (Lipinski definition) is 12. The number of Topliss-reactive ketones (excluding diaryl/α,β-unsaturated/α-hetero) is 2. The highest BCUT2D eigenvalue weighted by Gasteiger charge is 2.51. The zero-order valence-electron chi connectivity index (χ0n) is 48.8. The van der Waals surface area contributed by atoms with E-state index in [1.165, 1.54) is 31.7 Å². The number of carbonyl (C=O) groups is 3. The molecule has 7 aliphatic rings. The summed E-state index contributed by atoms with van der Waals surface area (Å²) in [6.07, 6.45) is 28.6. The van der Waals surface area contributed by atoms with Crippen LogP contribution in [0.1, 0.15) is 154 Å². The number of allylic oxidation sites excluding steroid dienone is 8. The molecular weight excluding hydrogens is 1080 g/mol. The highest BCUT2D eigenvalue weighted by atomic mass is 16.5. The molecule has 8 atom stereocenters. The third-order valence-corrected chi connectivity index (χ3v) is 19.5. The molecule has 14 nitrogen and oxygen atoms in total. The van der Waals surface area contributed by atoms with Gasteiger partial charge in [0.05, 0.1) is 30.9 Å². The van der Waals surface area contributed by atoms with Crippen molar-refractivity contribution in [3.8, 4) is 46.3 Å². The van der Waals surface area contributed by atoms with Crippen LogP contribution in [0.3, 0.4) is 0 Å². The minimum absolute atomic E-state index is 0.0125. The number of dihydropyridines is 1. The van der Waals surface area contributed by atoms with E-state index in [0.717, 1.165) is 94.3 Å². The van der Waals surface area contributed by atoms with Gasteiger partial charge in [0, 0.05) is 110 Å². The van der Waals surface area contributed by atoms with E-state index in [-0.39, 0.29) is 89.0 Å². The molecule has 0 saturated heterocycles. The molecule has 1 spiro atoms. The topological polar surface area (TPSA) is 196 Å². The van der Waals surface area contributed by atoms with Crippen LogP contribution in [0.15, 0.2) is 151 Å². The summed E-state index contributed by atoms with van der Waals surface area (Å²) in [5, 5.41) is 51.1. The predicted octanol–water partition coefficient (Wildman–Crippen LogP) is 13.4. The minimum atomic E-state index is -0.791. The fraction of sp³-hybridized carbons (Fsp3) is 0.375.